The van der Waals surface area contributed by atoms with Crippen LogP contribution in [-0.4, -0.2) is 19.0 Å². The number of ether oxygens (including phenoxy) is 2. The summed E-state index contributed by atoms with van der Waals surface area (Å²) in [6.07, 6.45) is 22.6. The Labute approximate surface area is 184 Å². The monoisotopic (exact) mass is 412 g/mol. The van der Waals surface area contributed by atoms with Crippen LogP contribution in [0.1, 0.15) is 151 Å². The van der Waals surface area contributed by atoms with E-state index in [1.54, 1.807) is 0 Å². The lowest BCUT2D eigenvalue weighted by Gasteiger charge is -2.48. The maximum absolute atomic E-state index is 6.38. The predicted octanol–water partition coefficient (Wildman–Crippen LogP) is 9.45. The Morgan fingerprint density at radius 3 is 1.14 bits per heavy atom. The minimum atomic E-state index is -0.416. The normalized spacial score (nSPS) is 14.3. The van der Waals surface area contributed by atoms with Crippen LogP contribution in [-0.2, 0) is 9.47 Å². The van der Waals surface area contributed by atoms with Gasteiger partial charge in [-0.1, -0.05) is 118 Å². The van der Waals surface area contributed by atoms with E-state index in [0.717, 1.165) is 19.6 Å². The molecule has 1 atom stereocenters. The smallest absolute Gasteiger partial charge is 0.173 e. The Bertz CT molecular complexity index is 335. The molecule has 0 aromatic carbocycles. The Kier molecular flexibility index (Phi) is 18.6. The molecule has 2 heteroatoms. The molecule has 2 nitrogen and oxygen atoms in total. The molecule has 0 fully saturated rings. The molecule has 0 rings (SSSR count). The molecule has 0 aliphatic heterocycles. The van der Waals surface area contributed by atoms with E-state index < -0.39 is 5.79 Å². The van der Waals surface area contributed by atoms with Gasteiger partial charge in [0.15, 0.2) is 5.79 Å². The minimum absolute atomic E-state index is 0.112. The fourth-order valence-electron chi connectivity index (χ4n) is 4.94. The summed E-state index contributed by atoms with van der Waals surface area (Å²) in [5.41, 5.74) is 0.112. The van der Waals surface area contributed by atoms with Crippen molar-refractivity contribution in [3.63, 3.8) is 0 Å². The molecule has 0 N–H and O–H groups in total. The van der Waals surface area contributed by atoms with E-state index in [-0.39, 0.29) is 5.41 Å². The molecular formula is C27H56O2. The molecule has 0 heterocycles. The first-order valence-electron chi connectivity index (χ1n) is 13.3. The van der Waals surface area contributed by atoms with Crippen LogP contribution in [0, 0.1) is 5.41 Å². The molecule has 0 spiro atoms. The highest BCUT2D eigenvalue weighted by molar-refractivity contribution is 4.90. The zero-order valence-electron chi connectivity index (χ0n) is 21.3. The standard InChI is InChI=1S/C27H56O2/c1-7-12-14-16-18-19-21-23-25-26(6,24-22-20-17-15-13-8-2)27(9-3,28-10-4)29-11-5/h7-25H2,1-6H3. The lowest BCUT2D eigenvalue weighted by atomic mass is 9.71. The largest absolute Gasteiger partial charge is 0.350 e. The van der Waals surface area contributed by atoms with Crippen molar-refractivity contribution in [1.29, 1.82) is 0 Å². The molecule has 0 amide bonds. The summed E-state index contributed by atoms with van der Waals surface area (Å²) < 4.78 is 12.8. The topological polar surface area (TPSA) is 18.5 Å². The van der Waals surface area contributed by atoms with Crippen LogP contribution < -0.4 is 0 Å². The highest BCUT2D eigenvalue weighted by atomic mass is 16.7. The summed E-state index contributed by atoms with van der Waals surface area (Å²) in [6.45, 7) is 15.0. The third kappa shape index (κ3) is 11.8. The molecule has 0 saturated carbocycles. The van der Waals surface area contributed by atoms with Gasteiger partial charge in [0.05, 0.1) is 0 Å². The van der Waals surface area contributed by atoms with E-state index in [2.05, 4.69) is 41.5 Å². The van der Waals surface area contributed by atoms with Gasteiger partial charge in [-0.15, -0.1) is 0 Å². The number of hydrogen-bond acceptors (Lipinski definition) is 2. The van der Waals surface area contributed by atoms with Crippen molar-refractivity contribution in [2.45, 2.75) is 156 Å². The first-order chi connectivity index (χ1) is 14.1. The molecule has 176 valence electrons. The van der Waals surface area contributed by atoms with Crippen molar-refractivity contribution < 1.29 is 9.47 Å². The summed E-state index contributed by atoms with van der Waals surface area (Å²) in [6, 6.07) is 0. The Hall–Kier alpha value is -0.0800. The summed E-state index contributed by atoms with van der Waals surface area (Å²) in [5, 5.41) is 0. The van der Waals surface area contributed by atoms with Gasteiger partial charge in [-0.05, 0) is 33.1 Å². The van der Waals surface area contributed by atoms with Gasteiger partial charge < -0.3 is 9.47 Å². The van der Waals surface area contributed by atoms with Crippen LogP contribution in [0.25, 0.3) is 0 Å². The summed E-state index contributed by atoms with van der Waals surface area (Å²) in [7, 11) is 0. The van der Waals surface area contributed by atoms with Gasteiger partial charge in [0.1, 0.15) is 0 Å². The van der Waals surface area contributed by atoms with Crippen LogP contribution in [0.4, 0.5) is 0 Å². The number of unbranched alkanes of at least 4 members (excludes halogenated alkanes) is 12. The lowest BCUT2D eigenvalue weighted by Crippen LogP contribution is -2.51. The molecular weight excluding hydrogens is 356 g/mol. The van der Waals surface area contributed by atoms with E-state index >= 15 is 0 Å². The second kappa shape index (κ2) is 18.7. The van der Waals surface area contributed by atoms with Crippen molar-refractivity contribution in [2.75, 3.05) is 13.2 Å². The summed E-state index contributed by atoms with van der Waals surface area (Å²) in [5.74, 6) is -0.416. The highest BCUT2D eigenvalue weighted by Gasteiger charge is 2.47. The summed E-state index contributed by atoms with van der Waals surface area (Å²) >= 11 is 0. The van der Waals surface area contributed by atoms with Gasteiger partial charge >= 0.3 is 0 Å². The van der Waals surface area contributed by atoms with Gasteiger partial charge in [-0.2, -0.15) is 0 Å². The van der Waals surface area contributed by atoms with Crippen LogP contribution in [0.15, 0.2) is 0 Å². The van der Waals surface area contributed by atoms with Crippen LogP contribution in [0.2, 0.25) is 0 Å². The van der Waals surface area contributed by atoms with E-state index in [9.17, 15) is 0 Å². The fraction of sp³-hybridized carbons (Fsp3) is 1.00. The van der Waals surface area contributed by atoms with Crippen LogP contribution in [0.3, 0.4) is 0 Å². The number of rotatable bonds is 22. The van der Waals surface area contributed by atoms with Crippen molar-refractivity contribution in [3.8, 4) is 0 Å². The first kappa shape index (κ1) is 28.9. The third-order valence-electron chi connectivity index (χ3n) is 6.80. The summed E-state index contributed by atoms with van der Waals surface area (Å²) in [4.78, 5) is 0. The van der Waals surface area contributed by atoms with Crippen LogP contribution >= 0.6 is 0 Å². The average Bonchev–Trinajstić information content (AvgIpc) is 2.72. The van der Waals surface area contributed by atoms with Gasteiger partial charge in [0, 0.05) is 18.6 Å². The van der Waals surface area contributed by atoms with Crippen molar-refractivity contribution in [3.05, 3.63) is 0 Å². The second-order valence-corrected chi connectivity index (χ2v) is 9.28. The van der Waals surface area contributed by atoms with Crippen molar-refractivity contribution in [1.82, 2.24) is 0 Å². The van der Waals surface area contributed by atoms with Crippen LogP contribution in [0.5, 0.6) is 0 Å². The Morgan fingerprint density at radius 2 is 0.828 bits per heavy atom. The van der Waals surface area contributed by atoms with Gasteiger partial charge in [-0.3, -0.25) is 0 Å². The fourth-order valence-corrected chi connectivity index (χ4v) is 4.94. The molecule has 0 aliphatic carbocycles. The van der Waals surface area contributed by atoms with Gasteiger partial charge in [0.25, 0.3) is 0 Å². The predicted molar refractivity (Wildman–Crippen MR) is 130 cm³/mol. The quantitative estimate of drug-likeness (QED) is 0.130. The zero-order chi connectivity index (χ0) is 21.8. The highest BCUT2D eigenvalue weighted by Crippen LogP contribution is 2.46. The van der Waals surface area contributed by atoms with Gasteiger partial charge in [0.2, 0.25) is 0 Å². The molecule has 0 bridgehead atoms. The first-order valence-corrected chi connectivity index (χ1v) is 13.3. The minimum Gasteiger partial charge on any atom is -0.350 e. The van der Waals surface area contributed by atoms with E-state index in [1.165, 1.54) is 103 Å². The molecule has 0 radical (unpaired) electrons. The van der Waals surface area contributed by atoms with Gasteiger partial charge in [-0.25, -0.2) is 0 Å². The zero-order valence-corrected chi connectivity index (χ0v) is 21.3. The van der Waals surface area contributed by atoms with E-state index in [4.69, 9.17) is 9.47 Å². The molecule has 29 heavy (non-hydrogen) atoms. The molecule has 0 saturated heterocycles. The average molecular weight is 413 g/mol. The molecule has 0 aromatic rings. The molecule has 1 unspecified atom stereocenters. The number of hydrogen-bond donors (Lipinski definition) is 0. The molecule has 0 aromatic heterocycles. The van der Waals surface area contributed by atoms with E-state index in [0.29, 0.717) is 0 Å². The lowest BCUT2D eigenvalue weighted by molar-refractivity contribution is -0.299. The van der Waals surface area contributed by atoms with Crippen molar-refractivity contribution >= 4 is 0 Å². The van der Waals surface area contributed by atoms with E-state index in [1.807, 2.05) is 0 Å². The van der Waals surface area contributed by atoms with Crippen molar-refractivity contribution in [2.24, 2.45) is 5.41 Å². The molecule has 0 aliphatic rings. The third-order valence-corrected chi connectivity index (χ3v) is 6.80. The Morgan fingerprint density at radius 1 is 0.483 bits per heavy atom. The second-order valence-electron chi connectivity index (χ2n) is 9.28. The maximum Gasteiger partial charge on any atom is 0.173 e. The Balaban J connectivity index is 4.75. The SMILES string of the molecule is CCCCCCCCCCC(C)(CCCCCCCC)C(CC)(OCC)OCC. The maximum atomic E-state index is 6.38.